The van der Waals surface area contributed by atoms with Crippen molar-refractivity contribution in [1.29, 1.82) is 0 Å². The monoisotopic (exact) mass is 282 g/mol. The van der Waals surface area contributed by atoms with Gasteiger partial charge in [-0.25, -0.2) is 4.98 Å². The van der Waals surface area contributed by atoms with Crippen LogP contribution >= 0.6 is 11.3 Å². The zero-order valence-corrected chi connectivity index (χ0v) is 12.3. The van der Waals surface area contributed by atoms with Gasteiger partial charge in [0.1, 0.15) is 6.04 Å². The number of aliphatic carboxylic acids is 1. The lowest BCUT2D eigenvalue weighted by Gasteiger charge is -2.29. The van der Waals surface area contributed by atoms with Gasteiger partial charge in [-0.05, 0) is 37.5 Å². The van der Waals surface area contributed by atoms with Crippen molar-refractivity contribution in [3.05, 3.63) is 16.1 Å². The Kier molecular flexibility index (Phi) is 4.58. The van der Waals surface area contributed by atoms with Gasteiger partial charge in [-0.3, -0.25) is 4.79 Å². The minimum Gasteiger partial charge on any atom is -0.480 e. The lowest BCUT2D eigenvalue weighted by atomic mass is 9.77. The number of hydrogen-bond donors (Lipinski definition) is 2. The average molecular weight is 282 g/mol. The predicted molar refractivity (Wildman–Crippen MR) is 76.2 cm³/mol. The molecule has 1 aromatic heterocycles. The van der Waals surface area contributed by atoms with Crippen LogP contribution in [0.15, 0.2) is 5.38 Å². The van der Waals surface area contributed by atoms with Gasteiger partial charge in [0.2, 0.25) is 0 Å². The summed E-state index contributed by atoms with van der Waals surface area (Å²) >= 11 is 1.56. The first-order valence-corrected chi connectivity index (χ1v) is 7.80. The van der Waals surface area contributed by atoms with Crippen LogP contribution in [-0.2, 0) is 4.79 Å². The topological polar surface area (TPSA) is 76.2 Å². The van der Waals surface area contributed by atoms with Crippen molar-refractivity contribution in [2.24, 2.45) is 17.6 Å². The van der Waals surface area contributed by atoms with Gasteiger partial charge in [0, 0.05) is 11.3 Å². The fourth-order valence-corrected chi connectivity index (χ4v) is 3.82. The van der Waals surface area contributed by atoms with Gasteiger partial charge in [-0.2, -0.15) is 0 Å². The molecule has 5 heteroatoms. The second-order valence-corrected chi connectivity index (χ2v) is 6.67. The molecule has 1 saturated carbocycles. The highest BCUT2D eigenvalue weighted by atomic mass is 32.1. The van der Waals surface area contributed by atoms with E-state index in [4.69, 9.17) is 10.8 Å². The number of nitrogens with zero attached hydrogens (tertiary/aromatic N) is 1. The van der Waals surface area contributed by atoms with Crippen molar-refractivity contribution >= 4 is 17.3 Å². The molecule has 0 amide bonds. The Morgan fingerprint density at radius 3 is 2.58 bits per heavy atom. The number of hydrogen-bond acceptors (Lipinski definition) is 4. The van der Waals surface area contributed by atoms with Crippen LogP contribution in [-0.4, -0.2) is 16.1 Å². The molecule has 19 heavy (non-hydrogen) atoms. The molecule has 0 saturated heterocycles. The zero-order valence-electron chi connectivity index (χ0n) is 11.5. The maximum atomic E-state index is 10.8. The number of carboxylic acid groups (broad SMARTS) is 1. The number of carboxylic acids is 1. The van der Waals surface area contributed by atoms with Gasteiger partial charge in [-0.1, -0.05) is 13.8 Å². The van der Waals surface area contributed by atoms with E-state index in [2.05, 4.69) is 18.8 Å². The Labute approximate surface area is 118 Å². The van der Waals surface area contributed by atoms with E-state index >= 15 is 0 Å². The van der Waals surface area contributed by atoms with Gasteiger partial charge in [-0.15, -0.1) is 11.3 Å². The van der Waals surface area contributed by atoms with Gasteiger partial charge in [0.15, 0.2) is 0 Å². The van der Waals surface area contributed by atoms with Gasteiger partial charge in [0.25, 0.3) is 0 Å². The molecule has 1 aliphatic rings. The molecule has 0 spiro atoms. The maximum absolute atomic E-state index is 10.8. The number of nitrogens with two attached hydrogens (primary N) is 1. The Bertz CT molecular complexity index is 436. The highest BCUT2D eigenvalue weighted by Crippen LogP contribution is 2.39. The molecule has 106 valence electrons. The Morgan fingerprint density at radius 2 is 2.05 bits per heavy atom. The van der Waals surface area contributed by atoms with Crippen molar-refractivity contribution in [3.8, 4) is 0 Å². The third-order valence-electron chi connectivity index (χ3n) is 4.19. The first-order valence-electron chi connectivity index (χ1n) is 6.92. The Morgan fingerprint density at radius 1 is 1.42 bits per heavy atom. The predicted octanol–water partition coefficient (Wildman–Crippen LogP) is 3.16. The largest absolute Gasteiger partial charge is 0.480 e. The summed E-state index contributed by atoms with van der Waals surface area (Å²) in [5, 5.41) is 11.7. The van der Waals surface area contributed by atoms with E-state index in [0.717, 1.165) is 29.7 Å². The number of aromatic nitrogens is 1. The molecule has 0 bridgehead atoms. The standard InChI is InChI=1S/C14H22N2O2S/c1-8(2)9-3-5-10(6-4-9)13-16-11(7-19-13)12(15)14(17)18/h7-10,12H,3-6,15H2,1-2H3,(H,17,18). The zero-order chi connectivity index (χ0) is 14.0. The third-order valence-corrected chi connectivity index (χ3v) is 5.21. The number of carbonyl (C=O) groups is 1. The lowest BCUT2D eigenvalue weighted by molar-refractivity contribution is -0.138. The highest BCUT2D eigenvalue weighted by molar-refractivity contribution is 7.09. The molecule has 3 N–H and O–H groups in total. The average Bonchev–Trinajstić information content (AvgIpc) is 2.87. The van der Waals surface area contributed by atoms with Crippen LogP contribution in [0.5, 0.6) is 0 Å². The molecule has 1 unspecified atom stereocenters. The second kappa shape index (κ2) is 6.01. The van der Waals surface area contributed by atoms with E-state index in [0.29, 0.717) is 11.6 Å². The summed E-state index contributed by atoms with van der Waals surface area (Å²) in [7, 11) is 0. The minimum absolute atomic E-state index is 0.495. The van der Waals surface area contributed by atoms with Gasteiger partial charge >= 0.3 is 5.97 Å². The minimum atomic E-state index is -1.01. The molecule has 1 atom stereocenters. The lowest BCUT2D eigenvalue weighted by Crippen LogP contribution is -2.21. The number of rotatable bonds is 4. The molecular weight excluding hydrogens is 260 g/mol. The summed E-state index contributed by atoms with van der Waals surface area (Å²) in [5.74, 6) is 1.07. The molecule has 1 aromatic rings. The van der Waals surface area contributed by atoms with Crippen LogP contribution < -0.4 is 5.73 Å². The SMILES string of the molecule is CC(C)C1CCC(c2nc(C(N)C(=O)O)cs2)CC1. The quantitative estimate of drug-likeness (QED) is 0.889. The third kappa shape index (κ3) is 3.34. The van der Waals surface area contributed by atoms with Crippen LogP contribution in [0.1, 0.15) is 62.2 Å². The Hall–Kier alpha value is -0.940. The fourth-order valence-electron chi connectivity index (χ4n) is 2.79. The summed E-state index contributed by atoms with van der Waals surface area (Å²) in [6.07, 6.45) is 4.83. The van der Waals surface area contributed by atoms with E-state index in [1.807, 2.05) is 0 Å². The molecule has 1 fully saturated rings. The van der Waals surface area contributed by atoms with Crippen molar-refractivity contribution in [3.63, 3.8) is 0 Å². The molecule has 0 radical (unpaired) electrons. The van der Waals surface area contributed by atoms with Crippen molar-refractivity contribution in [1.82, 2.24) is 4.98 Å². The maximum Gasteiger partial charge on any atom is 0.326 e. The first kappa shape index (κ1) is 14.5. The second-order valence-electron chi connectivity index (χ2n) is 5.78. The summed E-state index contributed by atoms with van der Waals surface area (Å²) in [4.78, 5) is 15.3. The van der Waals surface area contributed by atoms with Crippen LogP contribution in [0.25, 0.3) is 0 Å². The van der Waals surface area contributed by atoms with Crippen LogP contribution in [0, 0.1) is 11.8 Å². The van der Waals surface area contributed by atoms with E-state index in [9.17, 15) is 4.79 Å². The van der Waals surface area contributed by atoms with E-state index in [1.165, 1.54) is 12.8 Å². The van der Waals surface area contributed by atoms with E-state index in [-0.39, 0.29) is 0 Å². The normalized spacial score (nSPS) is 25.5. The summed E-state index contributed by atoms with van der Waals surface area (Å²) in [6.45, 7) is 4.58. The number of thiazole rings is 1. The highest BCUT2D eigenvalue weighted by Gasteiger charge is 2.27. The van der Waals surface area contributed by atoms with Crippen molar-refractivity contribution < 1.29 is 9.90 Å². The summed E-state index contributed by atoms with van der Waals surface area (Å²) in [5.41, 5.74) is 6.09. The van der Waals surface area contributed by atoms with Crippen LogP contribution in [0.3, 0.4) is 0 Å². The molecule has 1 aliphatic carbocycles. The molecule has 0 aromatic carbocycles. The van der Waals surface area contributed by atoms with Crippen molar-refractivity contribution in [2.75, 3.05) is 0 Å². The van der Waals surface area contributed by atoms with Crippen LogP contribution in [0.4, 0.5) is 0 Å². The molecule has 4 nitrogen and oxygen atoms in total. The van der Waals surface area contributed by atoms with E-state index in [1.54, 1.807) is 16.7 Å². The van der Waals surface area contributed by atoms with Crippen LogP contribution in [0.2, 0.25) is 0 Å². The van der Waals surface area contributed by atoms with Gasteiger partial charge < -0.3 is 10.8 Å². The van der Waals surface area contributed by atoms with E-state index < -0.39 is 12.0 Å². The Balaban J connectivity index is 1.99. The fraction of sp³-hybridized carbons (Fsp3) is 0.714. The molecule has 2 rings (SSSR count). The summed E-state index contributed by atoms with van der Waals surface area (Å²) in [6, 6.07) is -0.989. The first-order chi connectivity index (χ1) is 8.99. The molecular formula is C14H22N2O2S. The summed E-state index contributed by atoms with van der Waals surface area (Å²) < 4.78 is 0. The van der Waals surface area contributed by atoms with Gasteiger partial charge in [0.05, 0.1) is 10.7 Å². The molecule has 1 heterocycles. The molecule has 0 aliphatic heterocycles. The smallest absolute Gasteiger partial charge is 0.326 e. The van der Waals surface area contributed by atoms with Crippen molar-refractivity contribution in [2.45, 2.75) is 51.5 Å².